The van der Waals surface area contributed by atoms with Crippen molar-refractivity contribution in [3.63, 3.8) is 0 Å². The van der Waals surface area contributed by atoms with Crippen LogP contribution >= 0.6 is 11.6 Å². The summed E-state index contributed by atoms with van der Waals surface area (Å²) in [5.74, 6) is 1.14. The van der Waals surface area contributed by atoms with Crippen LogP contribution in [0.4, 0.5) is 10.1 Å². The van der Waals surface area contributed by atoms with Crippen LogP contribution in [0.2, 0.25) is 5.02 Å². The number of rotatable bonds is 2. The van der Waals surface area contributed by atoms with Crippen LogP contribution in [0.1, 0.15) is 64.8 Å². The van der Waals surface area contributed by atoms with Crippen LogP contribution in [0.15, 0.2) is 36.4 Å². The maximum atomic E-state index is 13.5. The molecule has 5 heteroatoms. The Morgan fingerprint density at radius 2 is 1.48 bits per heavy atom. The SMILES string of the molecule is O=C1c2ccc(C34CC5CC(CC(C5)C3)C4)cc2C(=O)N1c1ccc(F)c(Cl)c1. The normalized spacial score (nSPS) is 32.2. The number of fused-ring (bicyclic) bond motifs is 1. The molecule has 0 N–H and O–H groups in total. The van der Waals surface area contributed by atoms with Crippen LogP contribution in [0, 0.1) is 23.6 Å². The molecule has 2 aromatic rings. The summed E-state index contributed by atoms with van der Waals surface area (Å²) in [4.78, 5) is 27.2. The number of carbonyl (C=O) groups excluding carboxylic acids is 2. The maximum absolute atomic E-state index is 13.5. The fourth-order valence-corrected chi connectivity index (χ4v) is 7.07. The quantitative estimate of drug-likeness (QED) is 0.592. The molecule has 0 unspecified atom stereocenters. The molecule has 2 aromatic carbocycles. The van der Waals surface area contributed by atoms with Gasteiger partial charge in [0.15, 0.2) is 0 Å². The minimum absolute atomic E-state index is 0.103. The first-order chi connectivity index (χ1) is 13.9. The van der Waals surface area contributed by atoms with Gasteiger partial charge < -0.3 is 0 Å². The van der Waals surface area contributed by atoms with Gasteiger partial charge in [-0.25, -0.2) is 9.29 Å². The summed E-state index contributed by atoms with van der Waals surface area (Å²) < 4.78 is 13.5. The molecule has 4 aliphatic carbocycles. The summed E-state index contributed by atoms with van der Waals surface area (Å²) in [5.41, 5.74) is 2.57. The first kappa shape index (κ1) is 17.6. The molecule has 0 aromatic heterocycles. The van der Waals surface area contributed by atoms with E-state index in [2.05, 4.69) is 6.07 Å². The Morgan fingerprint density at radius 3 is 2.10 bits per heavy atom. The van der Waals surface area contributed by atoms with Crippen molar-refractivity contribution in [3.8, 4) is 0 Å². The standard InChI is InChI=1S/C24H21ClFNO2/c25-20-9-17(2-4-21(20)26)27-22(28)18-3-1-16(8-19(18)23(27)29)24-10-13-5-14(11-24)7-15(6-13)12-24/h1-4,8-9,13-15H,5-7,10-12H2. The highest BCUT2D eigenvalue weighted by atomic mass is 35.5. The van der Waals surface area contributed by atoms with Gasteiger partial charge in [-0.1, -0.05) is 17.7 Å². The summed E-state index contributed by atoms with van der Waals surface area (Å²) in [5, 5.41) is -0.103. The van der Waals surface area contributed by atoms with E-state index in [4.69, 9.17) is 11.6 Å². The summed E-state index contributed by atoms with van der Waals surface area (Å²) in [7, 11) is 0. The van der Waals surface area contributed by atoms with Crippen molar-refractivity contribution in [1.29, 1.82) is 0 Å². The molecule has 29 heavy (non-hydrogen) atoms. The van der Waals surface area contributed by atoms with Crippen molar-refractivity contribution < 1.29 is 14.0 Å². The largest absolute Gasteiger partial charge is 0.268 e. The van der Waals surface area contributed by atoms with Crippen molar-refractivity contribution in [2.45, 2.75) is 43.9 Å². The van der Waals surface area contributed by atoms with E-state index < -0.39 is 5.82 Å². The molecule has 7 rings (SSSR count). The molecule has 0 spiro atoms. The average molecular weight is 410 g/mol. The van der Waals surface area contributed by atoms with Gasteiger partial charge >= 0.3 is 0 Å². The highest BCUT2D eigenvalue weighted by molar-refractivity contribution is 6.35. The van der Waals surface area contributed by atoms with Gasteiger partial charge in [0.2, 0.25) is 0 Å². The van der Waals surface area contributed by atoms with Crippen molar-refractivity contribution in [1.82, 2.24) is 0 Å². The second-order valence-corrected chi connectivity index (χ2v) is 9.91. The van der Waals surface area contributed by atoms with E-state index >= 15 is 0 Å². The third-order valence-electron chi connectivity index (χ3n) is 7.70. The van der Waals surface area contributed by atoms with E-state index in [1.54, 1.807) is 0 Å². The highest BCUT2D eigenvalue weighted by Crippen LogP contribution is 2.60. The van der Waals surface area contributed by atoms with Gasteiger partial charge in [0.25, 0.3) is 11.8 Å². The zero-order chi connectivity index (χ0) is 19.9. The molecule has 2 amide bonds. The van der Waals surface area contributed by atoms with E-state index in [-0.39, 0.29) is 22.3 Å². The number of carbonyl (C=O) groups is 2. The summed E-state index contributed by atoms with van der Waals surface area (Å²) in [6, 6.07) is 9.78. The Bertz CT molecular complexity index is 1040. The summed E-state index contributed by atoms with van der Waals surface area (Å²) in [6.07, 6.45) is 7.70. The second kappa shape index (κ2) is 5.91. The smallest absolute Gasteiger partial charge is 0.266 e. The fraction of sp³-hybridized carbons (Fsp3) is 0.417. The molecule has 0 saturated heterocycles. The Labute approximate surface area is 173 Å². The summed E-state index contributed by atoms with van der Waals surface area (Å²) >= 11 is 5.88. The molecule has 0 atom stereocenters. The van der Waals surface area contributed by atoms with Crippen LogP contribution in [-0.2, 0) is 5.41 Å². The van der Waals surface area contributed by atoms with Crippen molar-refractivity contribution in [2.24, 2.45) is 17.8 Å². The van der Waals surface area contributed by atoms with Crippen molar-refractivity contribution >= 4 is 29.1 Å². The van der Waals surface area contributed by atoms with Crippen molar-refractivity contribution in [2.75, 3.05) is 4.90 Å². The van der Waals surface area contributed by atoms with Gasteiger partial charge in [-0.15, -0.1) is 0 Å². The molecule has 1 heterocycles. The third kappa shape index (κ3) is 2.48. The predicted octanol–water partition coefficient (Wildman–Crippen LogP) is 5.75. The molecule has 4 bridgehead atoms. The van der Waals surface area contributed by atoms with Crippen LogP contribution in [0.5, 0.6) is 0 Å². The lowest BCUT2D eigenvalue weighted by Crippen LogP contribution is -2.48. The van der Waals surface area contributed by atoms with Gasteiger partial charge in [0.1, 0.15) is 5.82 Å². The molecule has 5 aliphatic rings. The second-order valence-electron chi connectivity index (χ2n) is 9.50. The minimum Gasteiger partial charge on any atom is -0.268 e. The lowest BCUT2D eigenvalue weighted by atomic mass is 9.48. The molecule has 1 aliphatic heterocycles. The molecule has 4 fully saturated rings. The Hall–Kier alpha value is -2.20. The minimum atomic E-state index is -0.573. The van der Waals surface area contributed by atoms with E-state index in [1.165, 1.54) is 62.3 Å². The topological polar surface area (TPSA) is 37.4 Å². The summed E-state index contributed by atoms with van der Waals surface area (Å²) in [6.45, 7) is 0. The number of halogens is 2. The lowest BCUT2D eigenvalue weighted by Gasteiger charge is -2.57. The van der Waals surface area contributed by atoms with Gasteiger partial charge in [0, 0.05) is 0 Å². The average Bonchev–Trinajstić information content (AvgIpc) is 2.93. The third-order valence-corrected chi connectivity index (χ3v) is 7.99. The number of hydrogen-bond acceptors (Lipinski definition) is 2. The van der Waals surface area contributed by atoms with E-state index in [1.807, 2.05) is 12.1 Å². The molecule has 0 radical (unpaired) electrons. The molecule has 3 nitrogen and oxygen atoms in total. The molecule has 4 saturated carbocycles. The van der Waals surface area contributed by atoms with Crippen LogP contribution in [0.3, 0.4) is 0 Å². The number of hydrogen-bond donors (Lipinski definition) is 0. The van der Waals surface area contributed by atoms with E-state index in [0.717, 1.165) is 22.7 Å². The molecular formula is C24H21ClFNO2. The number of amides is 2. The van der Waals surface area contributed by atoms with Crippen molar-refractivity contribution in [3.05, 3.63) is 63.9 Å². The zero-order valence-corrected chi connectivity index (χ0v) is 16.7. The number of nitrogens with zero attached hydrogens (tertiary/aromatic N) is 1. The number of benzene rings is 2. The Balaban J connectivity index is 1.39. The van der Waals surface area contributed by atoms with Crippen LogP contribution in [-0.4, -0.2) is 11.8 Å². The van der Waals surface area contributed by atoms with Crippen LogP contribution in [0.25, 0.3) is 0 Å². The van der Waals surface area contributed by atoms with Gasteiger partial charge in [-0.3, -0.25) is 9.59 Å². The van der Waals surface area contributed by atoms with Crippen LogP contribution < -0.4 is 4.90 Å². The Morgan fingerprint density at radius 1 is 0.862 bits per heavy atom. The van der Waals surface area contributed by atoms with Gasteiger partial charge in [-0.05, 0) is 97.6 Å². The molecular weight excluding hydrogens is 389 g/mol. The predicted molar refractivity (Wildman–Crippen MR) is 109 cm³/mol. The number of imide groups is 1. The maximum Gasteiger partial charge on any atom is 0.266 e. The van der Waals surface area contributed by atoms with E-state index in [0.29, 0.717) is 16.8 Å². The number of anilines is 1. The lowest BCUT2D eigenvalue weighted by molar-refractivity contribution is -0.00520. The highest BCUT2D eigenvalue weighted by Gasteiger charge is 2.52. The molecule has 148 valence electrons. The Kier molecular flexibility index (Phi) is 3.60. The monoisotopic (exact) mass is 409 g/mol. The first-order valence-electron chi connectivity index (χ1n) is 10.4. The first-order valence-corrected chi connectivity index (χ1v) is 10.8. The van der Waals surface area contributed by atoms with E-state index in [9.17, 15) is 14.0 Å². The van der Waals surface area contributed by atoms with Gasteiger partial charge in [-0.2, -0.15) is 0 Å². The zero-order valence-electron chi connectivity index (χ0n) is 16.0. The van der Waals surface area contributed by atoms with Gasteiger partial charge in [0.05, 0.1) is 21.8 Å². The fourth-order valence-electron chi connectivity index (χ4n) is 6.89.